The van der Waals surface area contributed by atoms with Crippen LogP contribution in [0.4, 0.5) is 0 Å². The normalized spacial score (nSPS) is 9.86. The van der Waals surface area contributed by atoms with Crippen molar-refractivity contribution in [2.75, 3.05) is 0 Å². The van der Waals surface area contributed by atoms with Gasteiger partial charge >= 0.3 is 0 Å². The van der Waals surface area contributed by atoms with Crippen molar-refractivity contribution in [3.8, 4) is 0 Å². The van der Waals surface area contributed by atoms with Crippen molar-refractivity contribution >= 4 is 15.6 Å². The predicted octanol–water partition coefficient (Wildman–Crippen LogP) is -0.421. The molecule has 1 aromatic heterocycles. The molecular formula is C5H8OSi. The van der Waals surface area contributed by atoms with Crippen LogP contribution < -0.4 is 5.38 Å². The van der Waals surface area contributed by atoms with E-state index in [4.69, 9.17) is 4.42 Å². The molecule has 0 aromatic carbocycles. The zero-order chi connectivity index (χ0) is 5.28. The summed E-state index contributed by atoms with van der Waals surface area (Å²) in [6.07, 6.45) is 1.73. The predicted molar refractivity (Wildman–Crippen MR) is 33.0 cm³/mol. The molecular weight excluding hydrogens is 104 g/mol. The molecule has 1 aromatic rings. The van der Waals surface area contributed by atoms with Gasteiger partial charge in [0.05, 0.1) is 21.9 Å². The summed E-state index contributed by atoms with van der Waals surface area (Å²) in [6.45, 7) is 2.06. The number of furan rings is 1. The van der Waals surface area contributed by atoms with Gasteiger partial charge in [0.15, 0.2) is 0 Å². The molecule has 0 spiro atoms. The van der Waals surface area contributed by atoms with E-state index >= 15 is 0 Å². The third-order valence-corrected chi connectivity index (χ3v) is 2.14. The first-order chi connectivity index (χ1) is 3.30. The van der Waals surface area contributed by atoms with Crippen LogP contribution in [-0.2, 0) is 0 Å². The second kappa shape index (κ2) is 1.54. The van der Waals surface area contributed by atoms with Crippen molar-refractivity contribution in [1.82, 2.24) is 0 Å². The van der Waals surface area contributed by atoms with Crippen LogP contribution in [0.3, 0.4) is 0 Å². The van der Waals surface area contributed by atoms with Gasteiger partial charge in [-0.05, 0) is 18.6 Å². The summed E-state index contributed by atoms with van der Waals surface area (Å²) in [5.74, 6) is 0. The van der Waals surface area contributed by atoms with Crippen molar-refractivity contribution in [2.45, 2.75) is 6.92 Å². The van der Waals surface area contributed by atoms with Crippen LogP contribution in [0.5, 0.6) is 0 Å². The molecule has 0 saturated carbocycles. The van der Waals surface area contributed by atoms with Gasteiger partial charge in [-0.25, -0.2) is 0 Å². The summed E-state index contributed by atoms with van der Waals surface area (Å²) >= 11 is 0. The number of hydrogen-bond donors (Lipinski definition) is 0. The highest BCUT2D eigenvalue weighted by molar-refractivity contribution is 6.30. The first-order valence-electron chi connectivity index (χ1n) is 2.31. The van der Waals surface area contributed by atoms with Gasteiger partial charge in [-0.3, -0.25) is 0 Å². The lowest BCUT2D eigenvalue weighted by Gasteiger charge is -1.79. The van der Waals surface area contributed by atoms with Crippen LogP contribution in [0.1, 0.15) is 5.56 Å². The van der Waals surface area contributed by atoms with E-state index in [1.165, 1.54) is 5.56 Å². The Morgan fingerprint density at radius 1 is 1.71 bits per heavy atom. The number of aryl methyl sites for hydroxylation is 1. The standard InChI is InChI=1S/C5H8OSi/c1-4-2-3-6-5(4)7/h2-3H,1,7H3. The Labute approximate surface area is 45.8 Å². The first kappa shape index (κ1) is 4.65. The van der Waals surface area contributed by atoms with Gasteiger partial charge in [-0.1, -0.05) is 0 Å². The van der Waals surface area contributed by atoms with Crippen LogP contribution in [0.15, 0.2) is 16.7 Å². The van der Waals surface area contributed by atoms with E-state index in [1.807, 2.05) is 6.07 Å². The van der Waals surface area contributed by atoms with Crippen LogP contribution in [0, 0.1) is 6.92 Å². The zero-order valence-corrected chi connectivity index (χ0v) is 6.56. The van der Waals surface area contributed by atoms with Gasteiger partial charge in [0.25, 0.3) is 0 Å². The largest absolute Gasteiger partial charge is 0.475 e. The van der Waals surface area contributed by atoms with E-state index in [-0.39, 0.29) is 0 Å². The van der Waals surface area contributed by atoms with E-state index in [0.29, 0.717) is 0 Å². The third kappa shape index (κ3) is 0.745. The van der Waals surface area contributed by atoms with Gasteiger partial charge in [0, 0.05) is 0 Å². The maximum absolute atomic E-state index is 5.03. The maximum Gasteiger partial charge on any atom is 0.0902 e. The van der Waals surface area contributed by atoms with Crippen LogP contribution >= 0.6 is 0 Å². The lowest BCUT2D eigenvalue weighted by Crippen LogP contribution is -1.99. The van der Waals surface area contributed by atoms with E-state index in [1.54, 1.807) is 6.26 Å². The molecule has 0 fully saturated rings. The maximum atomic E-state index is 5.03. The van der Waals surface area contributed by atoms with Gasteiger partial charge in [-0.2, -0.15) is 0 Å². The van der Waals surface area contributed by atoms with E-state index in [0.717, 1.165) is 15.6 Å². The molecule has 38 valence electrons. The molecule has 0 amide bonds. The van der Waals surface area contributed by atoms with Crippen molar-refractivity contribution in [1.29, 1.82) is 0 Å². The lowest BCUT2D eigenvalue weighted by atomic mass is 10.4. The molecule has 0 aliphatic rings. The molecule has 0 N–H and O–H groups in total. The quantitative estimate of drug-likeness (QED) is 0.415. The summed E-state index contributed by atoms with van der Waals surface area (Å²) < 4.78 is 5.03. The topological polar surface area (TPSA) is 13.1 Å². The second-order valence-electron chi connectivity index (χ2n) is 1.66. The molecule has 0 aliphatic heterocycles. The molecule has 0 saturated heterocycles. The Bertz CT molecular complexity index is 140. The van der Waals surface area contributed by atoms with Crippen LogP contribution in [0.2, 0.25) is 0 Å². The van der Waals surface area contributed by atoms with Crippen LogP contribution in [-0.4, -0.2) is 10.2 Å². The van der Waals surface area contributed by atoms with Gasteiger partial charge in [-0.15, -0.1) is 0 Å². The molecule has 0 unspecified atom stereocenters. The second-order valence-corrected chi connectivity index (χ2v) is 2.57. The third-order valence-electron chi connectivity index (χ3n) is 1.12. The minimum Gasteiger partial charge on any atom is -0.475 e. The van der Waals surface area contributed by atoms with E-state index < -0.39 is 0 Å². The SMILES string of the molecule is Cc1ccoc1[SiH3]. The Balaban J connectivity index is 3.12. The molecule has 1 heterocycles. The molecule has 1 rings (SSSR count). The highest BCUT2D eigenvalue weighted by Gasteiger charge is 1.88. The van der Waals surface area contributed by atoms with Crippen molar-refractivity contribution in [3.05, 3.63) is 17.9 Å². The Hall–Kier alpha value is -0.503. The first-order valence-corrected chi connectivity index (χ1v) is 3.31. The lowest BCUT2D eigenvalue weighted by molar-refractivity contribution is 0.601. The smallest absolute Gasteiger partial charge is 0.0902 e. The molecule has 0 bridgehead atoms. The summed E-state index contributed by atoms with van der Waals surface area (Å²) in [5.41, 5.74) is 1.28. The van der Waals surface area contributed by atoms with Gasteiger partial charge in [0.1, 0.15) is 0 Å². The average Bonchev–Trinajstić information content (AvgIpc) is 1.91. The highest BCUT2D eigenvalue weighted by Crippen LogP contribution is 1.89. The minimum absolute atomic E-state index is 1.03. The van der Waals surface area contributed by atoms with Gasteiger partial charge in [0.2, 0.25) is 0 Å². The van der Waals surface area contributed by atoms with E-state index in [2.05, 4.69) is 6.92 Å². The fourth-order valence-electron chi connectivity index (χ4n) is 0.448. The molecule has 0 atom stereocenters. The van der Waals surface area contributed by atoms with Crippen molar-refractivity contribution < 1.29 is 4.42 Å². The number of hydrogen-bond acceptors (Lipinski definition) is 1. The molecule has 7 heavy (non-hydrogen) atoms. The van der Waals surface area contributed by atoms with Gasteiger partial charge < -0.3 is 4.42 Å². The number of rotatable bonds is 0. The minimum atomic E-state index is 1.03. The Kier molecular flexibility index (Phi) is 1.02. The van der Waals surface area contributed by atoms with Crippen molar-refractivity contribution in [3.63, 3.8) is 0 Å². The van der Waals surface area contributed by atoms with Crippen LogP contribution in [0.25, 0.3) is 0 Å². The Morgan fingerprint density at radius 3 is 2.57 bits per heavy atom. The molecule has 2 heteroatoms. The molecule has 1 nitrogen and oxygen atoms in total. The summed E-state index contributed by atoms with van der Waals surface area (Å²) in [7, 11) is 1.03. The average molecular weight is 112 g/mol. The van der Waals surface area contributed by atoms with E-state index in [9.17, 15) is 0 Å². The molecule has 0 aliphatic carbocycles. The van der Waals surface area contributed by atoms with Crippen molar-refractivity contribution in [2.24, 2.45) is 0 Å². The molecule has 0 radical (unpaired) electrons. The summed E-state index contributed by atoms with van der Waals surface area (Å²) in [5, 5.41) is 1.15. The highest BCUT2D eigenvalue weighted by atomic mass is 28.1. The summed E-state index contributed by atoms with van der Waals surface area (Å²) in [6, 6.07) is 1.99. The monoisotopic (exact) mass is 112 g/mol. The summed E-state index contributed by atoms with van der Waals surface area (Å²) in [4.78, 5) is 0. The Morgan fingerprint density at radius 2 is 2.43 bits per heavy atom. The zero-order valence-electron chi connectivity index (χ0n) is 4.56. The fourth-order valence-corrected chi connectivity index (χ4v) is 0.751. The fraction of sp³-hybridized carbons (Fsp3) is 0.200.